The second-order valence-electron chi connectivity index (χ2n) is 4.91. The first-order chi connectivity index (χ1) is 8.24. The summed E-state index contributed by atoms with van der Waals surface area (Å²) in [6.07, 6.45) is 2.99. The Bertz CT molecular complexity index is 425. The van der Waals surface area contributed by atoms with Gasteiger partial charge in [0.25, 0.3) is 0 Å². The summed E-state index contributed by atoms with van der Waals surface area (Å²) in [4.78, 5) is 0. The fraction of sp³-hybridized carbons (Fsp3) is 0.571. The predicted molar refractivity (Wildman–Crippen MR) is 64.3 cm³/mol. The molecule has 1 fully saturated rings. The van der Waals surface area contributed by atoms with E-state index in [4.69, 9.17) is 9.47 Å². The fourth-order valence-electron chi connectivity index (χ4n) is 2.60. The van der Waals surface area contributed by atoms with Crippen LogP contribution in [0.4, 0.5) is 0 Å². The number of benzene rings is 1. The Morgan fingerprint density at radius 3 is 2.59 bits per heavy atom. The number of fused-ring (bicyclic) bond motifs is 1. The molecule has 1 atom stereocenters. The van der Waals surface area contributed by atoms with Gasteiger partial charge in [-0.2, -0.15) is 0 Å². The highest BCUT2D eigenvalue weighted by Crippen LogP contribution is 2.49. The van der Waals surface area contributed by atoms with Crippen LogP contribution in [0.2, 0.25) is 0 Å². The maximum atomic E-state index is 10.7. The second kappa shape index (κ2) is 3.91. The largest absolute Gasteiger partial charge is 0.486 e. The standard InChI is InChI=1S/C14H18O3/c1-2-14(15,10-3-4-10)11-5-6-12-13(9-11)17-8-7-16-12/h5-6,9-10,15H,2-4,7-8H2,1H3. The Morgan fingerprint density at radius 1 is 1.24 bits per heavy atom. The van der Waals surface area contributed by atoms with Gasteiger partial charge in [0, 0.05) is 0 Å². The van der Waals surface area contributed by atoms with Gasteiger partial charge in [-0.3, -0.25) is 0 Å². The molecular weight excluding hydrogens is 216 g/mol. The lowest BCUT2D eigenvalue weighted by atomic mass is 9.86. The van der Waals surface area contributed by atoms with Gasteiger partial charge in [0.15, 0.2) is 11.5 Å². The molecule has 1 aliphatic carbocycles. The van der Waals surface area contributed by atoms with E-state index < -0.39 is 5.60 Å². The van der Waals surface area contributed by atoms with E-state index in [9.17, 15) is 5.11 Å². The molecule has 0 amide bonds. The lowest BCUT2D eigenvalue weighted by molar-refractivity contribution is 0.00844. The lowest BCUT2D eigenvalue weighted by Gasteiger charge is -2.29. The molecule has 1 aromatic carbocycles. The molecule has 1 heterocycles. The van der Waals surface area contributed by atoms with Crippen LogP contribution in [0.15, 0.2) is 18.2 Å². The van der Waals surface area contributed by atoms with Crippen LogP contribution in [0.5, 0.6) is 11.5 Å². The van der Waals surface area contributed by atoms with Gasteiger partial charge in [0.1, 0.15) is 13.2 Å². The summed E-state index contributed by atoms with van der Waals surface area (Å²) in [6.45, 7) is 3.23. The number of hydrogen-bond acceptors (Lipinski definition) is 3. The fourth-order valence-corrected chi connectivity index (χ4v) is 2.60. The van der Waals surface area contributed by atoms with Gasteiger partial charge >= 0.3 is 0 Å². The second-order valence-corrected chi connectivity index (χ2v) is 4.91. The summed E-state index contributed by atoms with van der Waals surface area (Å²) < 4.78 is 11.1. The van der Waals surface area contributed by atoms with E-state index in [0.717, 1.165) is 36.3 Å². The molecule has 92 valence electrons. The summed E-state index contributed by atoms with van der Waals surface area (Å²) in [6, 6.07) is 5.82. The topological polar surface area (TPSA) is 38.7 Å². The molecule has 3 rings (SSSR count). The summed E-state index contributed by atoms with van der Waals surface area (Å²) in [5.74, 6) is 1.96. The number of aliphatic hydroxyl groups is 1. The molecule has 3 heteroatoms. The van der Waals surface area contributed by atoms with Crippen molar-refractivity contribution in [1.29, 1.82) is 0 Å². The molecule has 1 aromatic rings. The molecule has 1 aliphatic heterocycles. The molecule has 17 heavy (non-hydrogen) atoms. The van der Waals surface area contributed by atoms with Crippen molar-refractivity contribution in [3.8, 4) is 11.5 Å². The van der Waals surface area contributed by atoms with Gasteiger partial charge in [-0.25, -0.2) is 0 Å². The lowest BCUT2D eigenvalue weighted by Crippen LogP contribution is -2.27. The summed E-state index contributed by atoms with van der Waals surface area (Å²) in [7, 11) is 0. The van der Waals surface area contributed by atoms with E-state index in [2.05, 4.69) is 0 Å². The Labute approximate surface area is 101 Å². The Kier molecular flexibility index (Phi) is 2.51. The molecule has 0 bridgehead atoms. The molecule has 0 saturated heterocycles. The van der Waals surface area contributed by atoms with Crippen molar-refractivity contribution in [3.05, 3.63) is 23.8 Å². The molecule has 0 aromatic heterocycles. The third-order valence-corrected chi connectivity index (χ3v) is 3.83. The SMILES string of the molecule is CCC(O)(c1ccc2c(c1)OCCO2)C1CC1. The molecule has 0 radical (unpaired) electrons. The first-order valence-corrected chi connectivity index (χ1v) is 6.36. The normalized spacial score (nSPS) is 22.0. The van der Waals surface area contributed by atoms with Crippen LogP contribution in [0, 0.1) is 5.92 Å². The highest BCUT2D eigenvalue weighted by atomic mass is 16.6. The van der Waals surface area contributed by atoms with Gasteiger partial charge in [-0.05, 0) is 42.9 Å². The smallest absolute Gasteiger partial charge is 0.161 e. The molecule has 2 aliphatic rings. The zero-order valence-corrected chi connectivity index (χ0v) is 10.1. The predicted octanol–water partition coefficient (Wildman–Crippen LogP) is 2.47. The number of hydrogen-bond donors (Lipinski definition) is 1. The van der Waals surface area contributed by atoms with Gasteiger partial charge in [-0.15, -0.1) is 0 Å². The van der Waals surface area contributed by atoms with Gasteiger partial charge < -0.3 is 14.6 Å². The van der Waals surface area contributed by atoms with Crippen LogP contribution in [0.25, 0.3) is 0 Å². The molecule has 0 spiro atoms. The monoisotopic (exact) mass is 234 g/mol. The highest BCUT2D eigenvalue weighted by Gasteiger charge is 2.44. The van der Waals surface area contributed by atoms with Crippen molar-refractivity contribution in [2.45, 2.75) is 31.8 Å². The van der Waals surface area contributed by atoms with Gasteiger partial charge in [0.05, 0.1) is 5.60 Å². The molecular formula is C14H18O3. The quantitative estimate of drug-likeness (QED) is 0.873. The van der Waals surface area contributed by atoms with Crippen molar-refractivity contribution in [3.63, 3.8) is 0 Å². The zero-order chi connectivity index (χ0) is 11.9. The Hall–Kier alpha value is -1.22. The minimum Gasteiger partial charge on any atom is -0.486 e. The van der Waals surface area contributed by atoms with E-state index >= 15 is 0 Å². The minimum atomic E-state index is -0.685. The van der Waals surface area contributed by atoms with Crippen molar-refractivity contribution < 1.29 is 14.6 Å². The highest BCUT2D eigenvalue weighted by molar-refractivity contribution is 5.45. The summed E-state index contributed by atoms with van der Waals surface area (Å²) in [5.41, 5.74) is 0.280. The van der Waals surface area contributed by atoms with E-state index in [1.807, 2.05) is 25.1 Å². The van der Waals surface area contributed by atoms with Crippen LogP contribution >= 0.6 is 0 Å². The average molecular weight is 234 g/mol. The molecule has 1 unspecified atom stereocenters. The first kappa shape index (κ1) is 10.9. The van der Waals surface area contributed by atoms with E-state index in [0.29, 0.717) is 19.1 Å². The van der Waals surface area contributed by atoms with Crippen LogP contribution in [0.3, 0.4) is 0 Å². The van der Waals surface area contributed by atoms with Gasteiger partial charge in [-0.1, -0.05) is 13.0 Å². The van der Waals surface area contributed by atoms with Crippen LogP contribution < -0.4 is 9.47 Å². The molecule has 1 N–H and O–H groups in total. The number of ether oxygens (including phenoxy) is 2. The van der Waals surface area contributed by atoms with Crippen molar-refractivity contribution in [1.82, 2.24) is 0 Å². The minimum absolute atomic E-state index is 0.412. The van der Waals surface area contributed by atoms with E-state index in [-0.39, 0.29) is 0 Å². The van der Waals surface area contributed by atoms with E-state index in [1.54, 1.807) is 0 Å². The number of rotatable bonds is 3. The third-order valence-electron chi connectivity index (χ3n) is 3.83. The molecule has 3 nitrogen and oxygen atoms in total. The van der Waals surface area contributed by atoms with Gasteiger partial charge in [0.2, 0.25) is 0 Å². The average Bonchev–Trinajstić information content (AvgIpc) is 3.22. The molecule has 1 saturated carbocycles. The maximum Gasteiger partial charge on any atom is 0.161 e. The zero-order valence-electron chi connectivity index (χ0n) is 10.1. The van der Waals surface area contributed by atoms with Crippen molar-refractivity contribution in [2.75, 3.05) is 13.2 Å². The van der Waals surface area contributed by atoms with Crippen molar-refractivity contribution in [2.24, 2.45) is 5.92 Å². The van der Waals surface area contributed by atoms with E-state index in [1.165, 1.54) is 0 Å². The summed E-state index contributed by atoms with van der Waals surface area (Å²) >= 11 is 0. The van der Waals surface area contributed by atoms with Crippen molar-refractivity contribution >= 4 is 0 Å². The maximum absolute atomic E-state index is 10.7. The van der Waals surface area contributed by atoms with Crippen LogP contribution in [-0.2, 0) is 5.60 Å². The van der Waals surface area contributed by atoms with Crippen LogP contribution in [-0.4, -0.2) is 18.3 Å². The Balaban J connectivity index is 1.97. The Morgan fingerprint density at radius 2 is 1.94 bits per heavy atom. The summed E-state index contributed by atoms with van der Waals surface area (Å²) in [5, 5.41) is 10.7. The van der Waals surface area contributed by atoms with Crippen LogP contribution in [0.1, 0.15) is 31.7 Å². The first-order valence-electron chi connectivity index (χ1n) is 6.36. The third kappa shape index (κ3) is 1.78.